The van der Waals surface area contributed by atoms with Crippen LogP contribution in [0.3, 0.4) is 0 Å². The lowest BCUT2D eigenvalue weighted by atomic mass is 9.39. The molecule has 0 bridgehead atoms. The van der Waals surface area contributed by atoms with Gasteiger partial charge in [0.05, 0.1) is 143 Å². The van der Waals surface area contributed by atoms with Crippen molar-refractivity contribution in [3.63, 3.8) is 0 Å². The Labute approximate surface area is 534 Å². The molecule has 3 N–H and O–H groups in total. The number of carbonyl (C=O) groups excluding carboxylic acids is 2. The Kier molecular flexibility index (Phi) is 26.9. The number of hydrogen-bond donors (Lipinski definition) is 3. The fourth-order valence-electron chi connectivity index (χ4n) is 13.2. The summed E-state index contributed by atoms with van der Waals surface area (Å²) in [5, 5.41) is 29.8. The number of ether oxygens (including phenoxy) is 11. The predicted molar refractivity (Wildman–Crippen MR) is 326 cm³/mol. The molecule has 1 saturated heterocycles. The molecule has 0 radical (unpaired) electrons. The van der Waals surface area contributed by atoms with Crippen LogP contribution in [-0.2, 0) is 60.6 Å². The first-order valence-corrected chi connectivity index (χ1v) is 32.3. The molecule has 2 heterocycles. The maximum Gasteiger partial charge on any atom is 0.313 e. The van der Waals surface area contributed by atoms with Gasteiger partial charge in [0.15, 0.2) is 11.6 Å². The first-order chi connectivity index (χ1) is 44.7. The molecule has 5 aliphatic rings. The van der Waals surface area contributed by atoms with E-state index in [0.717, 1.165) is 75.0 Å². The average Bonchev–Trinajstić information content (AvgIpc) is 0.698. The summed E-state index contributed by atoms with van der Waals surface area (Å²) < 4.78 is 131. The normalized spacial score (nSPS) is 22.0. The van der Waals surface area contributed by atoms with Crippen molar-refractivity contribution in [3.8, 4) is 17.2 Å². The highest BCUT2D eigenvalue weighted by Gasteiger charge is 2.76. The molecule has 26 heteroatoms. The van der Waals surface area contributed by atoms with Crippen LogP contribution < -0.4 is 19.5 Å². The van der Waals surface area contributed by atoms with Gasteiger partial charge >= 0.3 is 5.97 Å². The minimum Gasteiger partial charge on any atom is -0.491 e. The molecule has 4 aromatic rings. The smallest absolute Gasteiger partial charge is 0.313 e. The van der Waals surface area contributed by atoms with Crippen LogP contribution in [0.1, 0.15) is 108 Å². The van der Waals surface area contributed by atoms with E-state index in [-0.39, 0.29) is 93.3 Å². The number of likely N-dealkylation sites (tertiary alicyclic amines) is 1. The molecule has 9 rings (SSSR count). The van der Waals surface area contributed by atoms with Crippen molar-refractivity contribution in [1.82, 2.24) is 30.1 Å². The SMILES string of the molecule is CC(=N)N(C(=N)C1CCC(Oc2ccc(OCCOCCOCCOCCOCc3cn(CCOCCOCCOCCOCCC(=O)Oc4c(F)cc(F)cc4F)nn3)cc2)CC1)C1CC2N(CC[C@H](NC(=O)C3CCC(F)(F)CC3)c3ccccc3)C3CCC132. The molecule has 4 saturated carbocycles. The largest absolute Gasteiger partial charge is 0.491 e. The molecule has 1 aliphatic heterocycles. The molecule has 1 spiro atoms. The summed E-state index contributed by atoms with van der Waals surface area (Å²) in [5.74, 6) is -6.24. The Hall–Kier alpha value is -6.23. The van der Waals surface area contributed by atoms with Crippen molar-refractivity contribution in [1.29, 1.82) is 10.8 Å². The first kappa shape index (κ1) is 70.1. The number of amides is 1. The summed E-state index contributed by atoms with van der Waals surface area (Å²) in [6.07, 6.45) is 8.66. The standard InChI is InChI=1S/C66H89F5N8O13/c1-46(72)79(60-43-59-66(60)22-17-58(66)78(59)23-18-57(47-5-3-2-4-6-47)74-64(81)49-15-20-65(70,71)21-16-49)63(73)48-7-9-53(10-8-48)91-54-13-11-52(12-14-54)90-40-39-88-36-35-86-33-34-87-37-38-89-45-51-44-77(76-75-51)24-26-83-28-30-85-32-31-84-29-27-82-25-19-61(80)92-62-55(68)41-50(67)42-56(62)69/h2-6,11-14,41-42,44,48-49,53,57-60,72-73H,7-10,15-40,43,45H2,1H3,(H,74,81)/t48?,53?,57-,58?,59?,60?,66?/m0/s1. The highest BCUT2D eigenvalue weighted by atomic mass is 19.3. The highest BCUT2D eigenvalue weighted by molar-refractivity contribution is 5.99. The molecule has 1 amide bonds. The van der Waals surface area contributed by atoms with Crippen molar-refractivity contribution in [2.75, 3.05) is 112 Å². The fourth-order valence-corrected chi connectivity index (χ4v) is 13.2. The second-order valence-electron chi connectivity index (χ2n) is 24.0. The summed E-state index contributed by atoms with van der Waals surface area (Å²) in [6, 6.07) is 19.2. The van der Waals surface area contributed by atoms with Gasteiger partial charge in [-0.05, 0) is 101 Å². The molecule has 1 aromatic heterocycles. The Morgan fingerprint density at radius 3 is 1.83 bits per heavy atom. The van der Waals surface area contributed by atoms with Gasteiger partial charge in [0, 0.05) is 66.9 Å². The van der Waals surface area contributed by atoms with Gasteiger partial charge in [0.2, 0.25) is 17.6 Å². The number of halogens is 5. The third kappa shape index (κ3) is 19.9. The van der Waals surface area contributed by atoms with E-state index in [2.05, 4.69) is 25.3 Å². The molecule has 5 fully saturated rings. The third-order valence-electron chi connectivity index (χ3n) is 18.0. The van der Waals surface area contributed by atoms with Crippen molar-refractivity contribution < 1.29 is 83.6 Å². The third-order valence-corrected chi connectivity index (χ3v) is 18.0. The molecular weight excluding hydrogens is 1210 g/mol. The molecule has 92 heavy (non-hydrogen) atoms. The maximum absolute atomic E-state index is 13.9. The molecule has 5 atom stereocenters. The van der Waals surface area contributed by atoms with Gasteiger partial charge in [-0.25, -0.2) is 26.6 Å². The van der Waals surface area contributed by atoms with Crippen LogP contribution >= 0.6 is 0 Å². The predicted octanol–water partition coefficient (Wildman–Crippen LogP) is 9.30. The summed E-state index contributed by atoms with van der Waals surface area (Å²) in [4.78, 5) is 29.8. The van der Waals surface area contributed by atoms with Gasteiger partial charge in [0.25, 0.3) is 0 Å². The zero-order valence-electron chi connectivity index (χ0n) is 52.5. The summed E-state index contributed by atoms with van der Waals surface area (Å²) in [7, 11) is 0. The van der Waals surface area contributed by atoms with Gasteiger partial charge in [-0.2, -0.15) is 0 Å². The molecule has 506 valence electrons. The minimum atomic E-state index is -2.68. The van der Waals surface area contributed by atoms with E-state index in [0.29, 0.717) is 141 Å². The van der Waals surface area contributed by atoms with E-state index in [1.54, 1.807) is 10.9 Å². The van der Waals surface area contributed by atoms with Crippen LogP contribution in [0.5, 0.6) is 17.2 Å². The second-order valence-corrected chi connectivity index (χ2v) is 24.0. The first-order valence-electron chi connectivity index (χ1n) is 32.3. The van der Waals surface area contributed by atoms with Gasteiger partial charge in [-0.1, -0.05) is 35.5 Å². The van der Waals surface area contributed by atoms with Crippen molar-refractivity contribution in [2.24, 2.45) is 17.3 Å². The number of alkyl halides is 2. The number of carbonyl (C=O) groups is 2. The Morgan fingerprint density at radius 2 is 1.24 bits per heavy atom. The lowest BCUT2D eigenvalue weighted by Gasteiger charge is -2.81. The molecular formula is C66H89F5N8O13. The van der Waals surface area contributed by atoms with Crippen LogP contribution in [-0.4, -0.2) is 191 Å². The quantitative estimate of drug-likeness (QED) is 0.00938. The van der Waals surface area contributed by atoms with E-state index in [1.165, 1.54) is 0 Å². The lowest BCUT2D eigenvalue weighted by molar-refractivity contribution is -0.291. The molecule has 4 aliphatic carbocycles. The highest BCUT2D eigenvalue weighted by Crippen LogP contribution is 2.69. The van der Waals surface area contributed by atoms with E-state index >= 15 is 0 Å². The number of nitrogens with zero attached hydrogens (tertiary/aromatic N) is 5. The van der Waals surface area contributed by atoms with Crippen LogP contribution in [0.4, 0.5) is 22.0 Å². The summed E-state index contributed by atoms with van der Waals surface area (Å²) in [5.41, 5.74) is 1.80. The van der Waals surface area contributed by atoms with Gasteiger partial charge in [-0.3, -0.25) is 25.3 Å². The summed E-state index contributed by atoms with van der Waals surface area (Å²) in [6.45, 7) is 8.92. The Balaban J connectivity index is 0.531. The van der Waals surface area contributed by atoms with Crippen molar-refractivity contribution in [3.05, 3.63) is 102 Å². The number of hydrogen-bond acceptors (Lipinski definition) is 18. The average molecular weight is 1300 g/mol. The van der Waals surface area contributed by atoms with Crippen LogP contribution in [0.2, 0.25) is 0 Å². The number of amidine groups is 2. The number of rotatable bonds is 41. The minimum absolute atomic E-state index is 0.0429. The number of aromatic nitrogens is 3. The maximum atomic E-state index is 13.9. The number of piperidine rings is 2. The Bertz CT molecular complexity index is 2910. The van der Waals surface area contributed by atoms with E-state index in [9.17, 15) is 37.0 Å². The number of nitrogens with one attached hydrogen (secondary N) is 3. The van der Waals surface area contributed by atoms with Crippen LogP contribution in [0, 0.1) is 45.5 Å². The Morgan fingerprint density at radius 1 is 0.663 bits per heavy atom. The van der Waals surface area contributed by atoms with Crippen molar-refractivity contribution >= 4 is 23.5 Å². The van der Waals surface area contributed by atoms with Gasteiger partial charge in [-0.15, -0.1) is 5.10 Å². The molecule has 4 unspecified atom stereocenters. The lowest BCUT2D eigenvalue weighted by Crippen LogP contribution is -2.89. The van der Waals surface area contributed by atoms with E-state index in [4.69, 9.17) is 52.8 Å². The second kappa shape index (κ2) is 35.3. The topological polar surface area (TPSA) is 233 Å². The van der Waals surface area contributed by atoms with E-state index in [1.807, 2.05) is 66.4 Å². The number of esters is 1. The zero-order chi connectivity index (χ0) is 64.7. The molecule has 21 nitrogen and oxygen atoms in total. The fraction of sp³-hybridized carbons (Fsp3) is 0.636. The molecule has 3 aromatic carbocycles. The number of benzene rings is 3. The zero-order valence-corrected chi connectivity index (χ0v) is 52.5. The summed E-state index contributed by atoms with van der Waals surface area (Å²) >= 11 is 0. The van der Waals surface area contributed by atoms with Crippen LogP contribution in [0.15, 0.2) is 72.9 Å². The van der Waals surface area contributed by atoms with Crippen LogP contribution in [0.25, 0.3) is 0 Å². The van der Waals surface area contributed by atoms with Crippen molar-refractivity contribution in [2.45, 2.75) is 140 Å². The van der Waals surface area contributed by atoms with Gasteiger partial charge in [0.1, 0.15) is 35.5 Å². The van der Waals surface area contributed by atoms with Gasteiger partial charge < -0.3 is 62.3 Å². The monoisotopic (exact) mass is 1300 g/mol. The van der Waals surface area contributed by atoms with E-state index < -0.39 is 35.1 Å².